The molecule has 3 nitrogen and oxygen atoms in total. The maximum atomic E-state index is 8.99. The molecule has 0 atom stereocenters. The van der Waals surface area contributed by atoms with Gasteiger partial charge >= 0.3 is 0 Å². The Morgan fingerprint density at radius 3 is 2.64 bits per heavy atom. The minimum absolute atomic E-state index is 0.566. The molecule has 3 heteroatoms. The van der Waals surface area contributed by atoms with Gasteiger partial charge in [0.1, 0.15) is 11.9 Å². The fourth-order valence-corrected chi connectivity index (χ4v) is 2.38. The lowest BCUT2D eigenvalue weighted by atomic mass is 10.0. The molecule has 1 aromatic rings. The van der Waals surface area contributed by atoms with Crippen molar-refractivity contribution in [2.45, 2.75) is 38.5 Å². The first-order valence-corrected chi connectivity index (χ1v) is 5.17. The maximum Gasteiger partial charge on any atom is 0.162 e. The number of nitriles is 1. The van der Waals surface area contributed by atoms with Gasteiger partial charge < -0.3 is 4.57 Å². The molecule has 0 amide bonds. The molecular formula is C11H15N3. The van der Waals surface area contributed by atoms with E-state index in [1.807, 2.05) is 14.0 Å². The Morgan fingerprint density at radius 2 is 2.07 bits per heavy atom. The highest BCUT2D eigenvalue weighted by Gasteiger charge is 2.24. The summed E-state index contributed by atoms with van der Waals surface area (Å²) in [6.07, 6.45) is 5.01. The molecule has 14 heavy (non-hydrogen) atoms. The van der Waals surface area contributed by atoms with Crippen molar-refractivity contribution in [3.63, 3.8) is 0 Å². The lowest BCUT2D eigenvalue weighted by Crippen LogP contribution is -2.03. The molecule has 1 aliphatic carbocycles. The molecule has 1 saturated carbocycles. The SMILES string of the molecule is Cc1nc(C#N)c(C2CCCC2)n1C. The number of hydrogen-bond donors (Lipinski definition) is 0. The molecule has 74 valence electrons. The number of rotatable bonds is 1. The van der Waals surface area contributed by atoms with Crippen molar-refractivity contribution in [1.29, 1.82) is 5.26 Å². The summed E-state index contributed by atoms with van der Waals surface area (Å²) in [5.74, 6) is 1.51. The third kappa shape index (κ3) is 1.31. The highest BCUT2D eigenvalue weighted by molar-refractivity contribution is 5.32. The number of nitrogens with zero attached hydrogens (tertiary/aromatic N) is 3. The third-order valence-corrected chi connectivity index (χ3v) is 3.21. The first-order valence-electron chi connectivity index (χ1n) is 5.17. The average molecular weight is 189 g/mol. The molecule has 0 N–H and O–H groups in total. The van der Waals surface area contributed by atoms with E-state index in [1.54, 1.807) is 0 Å². The monoisotopic (exact) mass is 189 g/mol. The van der Waals surface area contributed by atoms with Crippen molar-refractivity contribution in [2.75, 3.05) is 0 Å². The smallest absolute Gasteiger partial charge is 0.162 e. The minimum Gasteiger partial charge on any atom is -0.334 e. The van der Waals surface area contributed by atoms with Crippen LogP contribution in [0.4, 0.5) is 0 Å². The molecule has 0 unspecified atom stereocenters. The Labute approximate surface area is 84.4 Å². The van der Waals surface area contributed by atoms with Gasteiger partial charge in [0.2, 0.25) is 0 Å². The van der Waals surface area contributed by atoms with E-state index in [0.29, 0.717) is 11.6 Å². The van der Waals surface area contributed by atoms with Crippen molar-refractivity contribution in [3.05, 3.63) is 17.2 Å². The zero-order valence-corrected chi connectivity index (χ0v) is 8.75. The molecule has 1 aromatic heterocycles. The second-order valence-electron chi connectivity index (χ2n) is 4.05. The quantitative estimate of drug-likeness (QED) is 0.680. The van der Waals surface area contributed by atoms with Gasteiger partial charge in [-0.25, -0.2) is 4.98 Å². The van der Waals surface area contributed by atoms with Crippen molar-refractivity contribution in [1.82, 2.24) is 9.55 Å². The van der Waals surface area contributed by atoms with Crippen LogP contribution in [-0.4, -0.2) is 9.55 Å². The summed E-state index contributed by atoms with van der Waals surface area (Å²) in [6.45, 7) is 1.96. The van der Waals surface area contributed by atoms with Crippen LogP contribution < -0.4 is 0 Å². The van der Waals surface area contributed by atoms with Crippen molar-refractivity contribution in [3.8, 4) is 6.07 Å². The highest BCUT2D eigenvalue weighted by Crippen LogP contribution is 2.35. The van der Waals surface area contributed by atoms with Gasteiger partial charge in [-0.05, 0) is 19.8 Å². The summed E-state index contributed by atoms with van der Waals surface area (Å²) in [7, 11) is 2.01. The van der Waals surface area contributed by atoms with Gasteiger partial charge in [0, 0.05) is 13.0 Å². The first kappa shape index (κ1) is 9.26. The van der Waals surface area contributed by atoms with Gasteiger partial charge in [0.15, 0.2) is 5.69 Å². The summed E-state index contributed by atoms with van der Waals surface area (Å²) in [4.78, 5) is 4.28. The van der Waals surface area contributed by atoms with Crippen LogP contribution in [0.15, 0.2) is 0 Å². The van der Waals surface area contributed by atoms with Gasteiger partial charge in [-0.3, -0.25) is 0 Å². The highest BCUT2D eigenvalue weighted by atomic mass is 15.1. The Kier molecular flexibility index (Phi) is 2.28. The molecule has 0 spiro atoms. The normalized spacial score (nSPS) is 17.2. The molecule has 1 heterocycles. The Morgan fingerprint density at radius 1 is 1.43 bits per heavy atom. The number of aryl methyl sites for hydroxylation is 1. The summed E-state index contributed by atoms with van der Waals surface area (Å²) < 4.78 is 2.08. The number of imidazole rings is 1. The summed E-state index contributed by atoms with van der Waals surface area (Å²) in [5, 5.41) is 8.99. The fraction of sp³-hybridized carbons (Fsp3) is 0.636. The summed E-state index contributed by atoms with van der Waals surface area (Å²) in [6, 6.07) is 2.20. The van der Waals surface area contributed by atoms with Crippen molar-refractivity contribution >= 4 is 0 Å². The first-order chi connectivity index (χ1) is 6.74. The predicted molar refractivity (Wildman–Crippen MR) is 53.9 cm³/mol. The zero-order valence-electron chi connectivity index (χ0n) is 8.75. The largest absolute Gasteiger partial charge is 0.334 e. The Balaban J connectivity index is 2.44. The van der Waals surface area contributed by atoms with Crippen LogP contribution in [-0.2, 0) is 7.05 Å². The van der Waals surface area contributed by atoms with Gasteiger partial charge in [-0.2, -0.15) is 5.26 Å². The average Bonchev–Trinajstić information content (AvgIpc) is 2.76. The molecule has 0 radical (unpaired) electrons. The summed E-state index contributed by atoms with van der Waals surface area (Å²) >= 11 is 0. The van der Waals surface area contributed by atoms with Gasteiger partial charge in [-0.1, -0.05) is 12.8 Å². The number of hydrogen-bond acceptors (Lipinski definition) is 2. The number of aromatic nitrogens is 2. The van der Waals surface area contributed by atoms with Gasteiger partial charge in [0.25, 0.3) is 0 Å². The van der Waals surface area contributed by atoms with Crippen LogP contribution in [0.3, 0.4) is 0 Å². The molecule has 2 rings (SSSR count). The van der Waals surface area contributed by atoms with E-state index in [9.17, 15) is 0 Å². The fourth-order valence-electron chi connectivity index (χ4n) is 2.38. The molecule has 1 fully saturated rings. The van der Waals surface area contributed by atoms with Crippen LogP contribution in [0.2, 0.25) is 0 Å². The Bertz CT molecular complexity index is 378. The van der Waals surface area contributed by atoms with Crippen molar-refractivity contribution in [2.24, 2.45) is 7.05 Å². The van der Waals surface area contributed by atoms with Crippen LogP contribution in [0, 0.1) is 18.3 Å². The topological polar surface area (TPSA) is 41.6 Å². The molecule has 0 aliphatic heterocycles. The lowest BCUT2D eigenvalue weighted by Gasteiger charge is -2.10. The molecule has 1 aliphatic rings. The van der Waals surface area contributed by atoms with E-state index < -0.39 is 0 Å². The molecular weight excluding hydrogens is 174 g/mol. The van der Waals surface area contributed by atoms with E-state index in [0.717, 1.165) is 11.5 Å². The van der Waals surface area contributed by atoms with Crippen LogP contribution >= 0.6 is 0 Å². The van der Waals surface area contributed by atoms with E-state index >= 15 is 0 Å². The van der Waals surface area contributed by atoms with Gasteiger partial charge in [-0.15, -0.1) is 0 Å². The standard InChI is InChI=1S/C11H15N3/c1-8-13-10(7-12)11(14(8)2)9-5-3-4-6-9/h9H,3-6H2,1-2H3. The Hall–Kier alpha value is -1.30. The molecule has 0 aromatic carbocycles. The van der Waals surface area contributed by atoms with E-state index in [4.69, 9.17) is 5.26 Å². The molecule has 0 saturated heterocycles. The van der Waals surface area contributed by atoms with Crippen LogP contribution in [0.25, 0.3) is 0 Å². The minimum atomic E-state index is 0.566. The van der Waals surface area contributed by atoms with E-state index in [1.165, 1.54) is 25.7 Å². The molecule has 0 bridgehead atoms. The van der Waals surface area contributed by atoms with Crippen LogP contribution in [0.1, 0.15) is 48.8 Å². The maximum absolute atomic E-state index is 8.99. The zero-order chi connectivity index (χ0) is 10.1. The lowest BCUT2D eigenvalue weighted by molar-refractivity contribution is 0.647. The predicted octanol–water partition coefficient (Wildman–Crippen LogP) is 2.26. The van der Waals surface area contributed by atoms with Crippen molar-refractivity contribution < 1.29 is 0 Å². The second-order valence-corrected chi connectivity index (χ2v) is 4.05. The van der Waals surface area contributed by atoms with E-state index in [2.05, 4.69) is 15.6 Å². The second kappa shape index (κ2) is 3.45. The third-order valence-electron chi connectivity index (χ3n) is 3.21. The van der Waals surface area contributed by atoms with E-state index in [-0.39, 0.29) is 0 Å². The summed E-state index contributed by atoms with van der Waals surface area (Å²) in [5.41, 5.74) is 1.79. The van der Waals surface area contributed by atoms with Gasteiger partial charge in [0.05, 0.1) is 5.69 Å². The van der Waals surface area contributed by atoms with Crippen LogP contribution in [0.5, 0.6) is 0 Å².